The summed E-state index contributed by atoms with van der Waals surface area (Å²) < 4.78 is 9.82. The molecule has 8 nitrogen and oxygen atoms in total. The van der Waals surface area contributed by atoms with Gasteiger partial charge in [0.2, 0.25) is 5.91 Å². The van der Waals surface area contributed by atoms with E-state index in [1.807, 2.05) is 36.1 Å². The van der Waals surface area contributed by atoms with Crippen LogP contribution in [-0.4, -0.2) is 45.0 Å². The minimum absolute atomic E-state index is 0.0614. The van der Waals surface area contributed by atoms with Gasteiger partial charge in [-0.25, -0.2) is 4.52 Å². The molecule has 3 aromatic heterocycles. The number of pyridine rings is 1. The molecule has 4 heterocycles. The zero-order chi connectivity index (χ0) is 20.0. The van der Waals surface area contributed by atoms with Crippen molar-refractivity contribution in [1.82, 2.24) is 24.7 Å². The van der Waals surface area contributed by atoms with Gasteiger partial charge in [0, 0.05) is 49.3 Å². The maximum atomic E-state index is 12.0. The van der Waals surface area contributed by atoms with Crippen molar-refractivity contribution in [3.05, 3.63) is 30.6 Å². The third-order valence-corrected chi connectivity index (χ3v) is 6.13. The molecule has 0 radical (unpaired) electrons. The molecule has 29 heavy (non-hydrogen) atoms. The first-order valence-electron chi connectivity index (χ1n) is 10.2. The molecular weight excluding hydrogens is 368 g/mol. The third-order valence-electron chi connectivity index (χ3n) is 6.13. The van der Waals surface area contributed by atoms with E-state index in [2.05, 4.69) is 27.8 Å². The van der Waals surface area contributed by atoms with Crippen LogP contribution in [0.25, 0.3) is 16.8 Å². The van der Waals surface area contributed by atoms with Crippen LogP contribution in [0.4, 0.5) is 5.82 Å². The highest BCUT2D eigenvalue weighted by atomic mass is 16.5. The first kappa shape index (κ1) is 18.2. The van der Waals surface area contributed by atoms with Gasteiger partial charge >= 0.3 is 0 Å². The second kappa shape index (κ2) is 6.88. The standard InChI is InChI=1S/C21H26N6O2/c1-3-21(11-22-12-21)13-29-17-10-23-26(2)19(17)15-6-7-27-16(8-15)9-18(25-27)24-20(28)14-4-5-14/h6-10,14,22H,3-5,11-13H2,1-2H3,(H,24,25,28). The zero-order valence-corrected chi connectivity index (χ0v) is 16.8. The molecule has 3 aromatic rings. The minimum atomic E-state index is 0.0614. The van der Waals surface area contributed by atoms with Gasteiger partial charge < -0.3 is 15.4 Å². The lowest BCUT2D eigenvalue weighted by atomic mass is 9.80. The molecule has 1 saturated carbocycles. The molecule has 2 fully saturated rings. The van der Waals surface area contributed by atoms with Crippen molar-refractivity contribution in [2.45, 2.75) is 26.2 Å². The predicted octanol–water partition coefficient (Wildman–Crippen LogP) is 2.46. The van der Waals surface area contributed by atoms with E-state index in [-0.39, 0.29) is 17.2 Å². The number of hydrogen-bond acceptors (Lipinski definition) is 5. The maximum absolute atomic E-state index is 12.0. The molecule has 1 amide bonds. The van der Waals surface area contributed by atoms with Crippen LogP contribution in [0.15, 0.2) is 30.6 Å². The predicted molar refractivity (Wildman–Crippen MR) is 110 cm³/mol. The maximum Gasteiger partial charge on any atom is 0.228 e. The Morgan fingerprint density at radius 1 is 1.38 bits per heavy atom. The van der Waals surface area contributed by atoms with Gasteiger partial charge in [0.05, 0.1) is 18.3 Å². The van der Waals surface area contributed by atoms with E-state index in [0.717, 1.165) is 54.9 Å². The molecule has 1 aliphatic heterocycles. The molecule has 0 unspecified atom stereocenters. The molecule has 8 heteroatoms. The molecular formula is C21H26N6O2. The van der Waals surface area contributed by atoms with Crippen molar-refractivity contribution < 1.29 is 9.53 Å². The monoisotopic (exact) mass is 394 g/mol. The summed E-state index contributed by atoms with van der Waals surface area (Å²) >= 11 is 0. The molecule has 5 rings (SSSR count). The van der Waals surface area contributed by atoms with Gasteiger partial charge in [-0.15, -0.1) is 0 Å². The fourth-order valence-electron chi connectivity index (χ4n) is 3.79. The smallest absolute Gasteiger partial charge is 0.228 e. The second-order valence-electron chi connectivity index (χ2n) is 8.30. The van der Waals surface area contributed by atoms with Gasteiger partial charge in [-0.1, -0.05) is 6.92 Å². The van der Waals surface area contributed by atoms with Gasteiger partial charge in [0.25, 0.3) is 0 Å². The SMILES string of the molecule is CCC1(COc2cnn(C)c2-c2ccn3nc(NC(=O)C4CC4)cc3c2)CNC1. The topological polar surface area (TPSA) is 85.5 Å². The number of nitrogens with one attached hydrogen (secondary N) is 2. The molecule has 1 saturated heterocycles. The number of nitrogens with zero attached hydrogens (tertiary/aromatic N) is 4. The lowest BCUT2D eigenvalue weighted by molar-refractivity contribution is -0.117. The Labute approximate surface area is 169 Å². The number of ether oxygens (including phenoxy) is 1. The number of amides is 1. The van der Waals surface area contributed by atoms with Crippen molar-refractivity contribution in [3.8, 4) is 17.0 Å². The van der Waals surface area contributed by atoms with Crippen LogP contribution in [0, 0.1) is 11.3 Å². The largest absolute Gasteiger partial charge is 0.489 e. The second-order valence-corrected chi connectivity index (χ2v) is 8.30. The Kier molecular flexibility index (Phi) is 4.31. The third kappa shape index (κ3) is 3.37. The number of aryl methyl sites for hydroxylation is 1. The van der Waals surface area contributed by atoms with E-state index in [4.69, 9.17) is 4.74 Å². The summed E-state index contributed by atoms with van der Waals surface area (Å²) in [4.78, 5) is 12.0. The summed E-state index contributed by atoms with van der Waals surface area (Å²) in [6.07, 6.45) is 6.72. The molecule has 0 spiro atoms. The average Bonchev–Trinajstić information content (AvgIpc) is 3.36. The lowest BCUT2D eigenvalue weighted by Crippen LogP contribution is -2.56. The van der Waals surface area contributed by atoms with Crippen molar-refractivity contribution >= 4 is 17.2 Å². The van der Waals surface area contributed by atoms with Crippen LogP contribution in [0.1, 0.15) is 26.2 Å². The Balaban J connectivity index is 1.39. The van der Waals surface area contributed by atoms with Gasteiger partial charge in [-0.05, 0) is 31.4 Å². The summed E-state index contributed by atoms with van der Waals surface area (Å²) in [5.74, 6) is 1.59. The molecule has 0 bridgehead atoms. The first-order valence-corrected chi connectivity index (χ1v) is 10.2. The summed E-state index contributed by atoms with van der Waals surface area (Å²) in [6, 6.07) is 5.94. The fourth-order valence-corrected chi connectivity index (χ4v) is 3.79. The van der Waals surface area contributed by atoms with E-state index in [1.54, 1.807) is 10.7 Å². The van der Waals surface area contributed by atoms with Crippen LogP contribution < -0.4 is 15.4 Å². The van der Waals surface area contributed by atoms with Gasteiger partial charge in [0.15, 0.2) is 11.6 Å². The number of carbonyl (C=O) groups is 1. The normalized spacial score (nSPS) is 17.9. The number of anilines is 1. The van der Waals surface area contributed by atoms with Crippen LogP contribution in [0.3, 0.4) is 0 Å². The van der Waals surface area contributed by atoms with E-state index in [9.17, 15) is 4.79 Å². The van der Waals surface area contributed by atoms with E-state index >= 15 is 0 Å². The molecule has 0 aromatic carbocycles. The molecule has 1 aliphatic carbocycles. The molecule has 0 atom stereocenters. The highest BCUT2D eigenvalue weighted by Crippen LogP contribution is 2.34. The number of hydrogen-bond donors (Lipinski definition) is 2. The Hall–Kier alpha value is -2.87. The Morgan fingerprint density at radius 3 is 2.90 bits per heavy atom. The Morgan fingerprint density at radius 2 is 2.21 bits per heavy atom. The quantitative estimate of drug-likeness (QED) is 0.643. The average molecular weight is 394 g/mol. The number of rotatable bonds is 7. The number of carbonyl (C=O) groups excluding carboxylic acids is 1. The van der Waals surface area contributed by atoms with E-state index in [0.29, 0.717) is 12.4 Å². The van der Waals surface area contributed by atoms with Crippen molar-refractivity contribution in [3.63, 3.8) is 0 Å². The van der Waals surface area contributed by atoms with Gasteiger partial charge in [-0.2, -0.15) is 10.2 Å². The molecule has 2 aliphatic rings. The molecule has 152 valence electrons. The number of fused-ring (bicyclic) bond motifs is 1. The van der Waals surface area contributed by atoms with E-state index in [1.165, 1.54) is 0 Å². The van der Waals surface area contributed by atoms with Crippen LogP contribution >= 0.6 is 0 Å². The lowest BCUT2D eigenvalue weighted by Gasteiger charge is -2.41. The molecule has 2 N–H and O–H groups in total. The minimum Gasteiger partial charge on any atom is -0.489 e. The van der Waals surface area contributed by atoms with Crippen molar-refractivity contribution in [1.29, 1.82) is 0 Å². The summed E-state index contributed by atoms with van der Waals surface area (Å²) in [5, 5.41) is 15.1. The first-order chi connectivity index (χ1) is 14.1. The zero-order valence-electron chi connectivity index (χ0n) is 16.8. The number of aromatic nitrogens is 4. The van der Waals surface area contributed by atoms with Crippen LogP contribution in [-0.2, 0) is 11.8 Å². The van der Waals surface area contributed by atoms with E-state index < -0.39 is 0 Å². The van der Waals surface area contributed by atoms with Crippen LogP contribution in [0.5, 0.6) is 5.75 Å². The highest BCUT2D eigenvalue weighted by molar-refractivity contribution is 5.93. The fraction of sp³-hybridized carbons (Fsp3) is 0.476. The van der Waals surface area contributed by atoms with Gasteiger partial charge in [0.1, 0.15) is 5.69 Å². The summed E-state index contributed by atoms with van der Waals surface area (Å²) in [7, 11) is 1.92. The highest BCUT2D eigenvalue weighted by Gasteiger charge is 2.36. The summed E-state index contributed by atoms with van der Waals surface area (Å²) in [6.45, 7) is 4.88. The van der Waals surface area contributed by atoms with Crippen LogP contribution in [0.2, 0.25) is 0 Å². The Bertz CT molecular complexity index is 1050. The van der Waals surface area contributed by atoms with Crippen molar-refractivity contribution in [2.24, 2.45) is 18.4 Å². The van der Waals surface area contributed by atoms with Gasteiger partial charge in [-0.3, -0.25) is 9.48 Å². The summed E-state index contributed by atoms with van der Waals surface area (Å²) in [5.41, 5.74) is 3.08. The van der Waals surface area contributed by atoms with Crippen molar-refractivity contribution in [2.75, 3.05) is 25.0 Å².